The van der Waals surface area contributed by atoms with Gasteiger partial charge in [-0.1, -0.05) is 54.6 Å². The molecule has 316 valence electrons. The summed E-state index contributed by atoms with van der Waals surface area (Å²) in [4.78, 5) is 63.4. The number of likely N-dealkylation sites (tertiary alicyclic amines) is 3. The van der Waals surface area contributed by atoms with Crippen LogP contribution in [0, 0.1) is 17.3 Å². The predicted octanol–water partition coefficient (Wildman–Crippen LogP) is 4.43. The van der Waals surface area contributed by atoms with Crippen LogP contribution in [0.1, 0.15) is 55.6 Å². The molecule has 1 unspecified atom stereocenters. The van der Waals surface area contributed by atoms with Gasteiger partial charge in [-0.3, -0.25) is 29.4 Å². The van der Waals surface area contributed by atoms with Gasteiger partial charge in [-0.15, -0.1) is 0 Å². The van der Waals surface area contributed by atoms with Crippen LogP contribution in [0.3, 0.4) is 0 Å². The minimum atomic E-state index is -0.607. The highest BCUT2D eigenvalue weighted by atomic mass is 16.3. The standard InChI is InChI=1S/C48H54N8O5/c57-42-9-5-4-8-40(42)41-24-38(25-49-51-41)53-22-18-48(19-23-53,36-6-2-1-3-7-36)46(61)56-31-47(32-56)16-20-54(21-17-47)44(59)30-52-26-34-28-55(29-35(34)27-52)37-12-10-33(11-13-37)39-14-15-43(58)50-45(39)60/h1-13,24-25,34-35,39,57H,14-23,26-32H2,(H,50,58,60)/t34-,35-,39?/m1/s1. The minimum absolute atomic E-state index is 0.0708. The van der Waals surface area contributed by atoms with Crippen LogP contribution in [0.2, 0.25) is 0 Å². The molecule has 6 aliphatic heterocycles. The lowest BCUT2D eigenvalue weighted by molar-refractivity contribution is -0.156. The van der Waals surface area contributed by atoms with Crippen LogP contribution in [0.4, 0.5) is 11.4 Å². The van der Waals surface area contributed by atoms with Gasteiger partial charge in [0.15, 0.2) is 0 Å². The molecule has 0 radical (unpaired) electrons. The Morgan fingerprint density at radius 1 is 0.754 bits per heavy atom. The molecular weight excluding hydrogens is 769 g/mol. The fourth-order valence-electron chi connectivity index (χ4n) is 11.3. The smallest absolute Gasteiger partial charge is 0.236 e. The number of imide groups is 1. The number of phenols is 1. The fourth-order valence-corrected chi connectivity index (χ4v) is 11.3. The molecular formula is C48H54N8O5. The molecule has 10 rings (SSSR count). The number of piperidine rings is 3. The maximum absolute atomic E-state index is 14.7. The number of phenolic OH excluding ortho intramolecular Hbond substituents is 1. The minimum Gasteiger partial charge on any atom is -0.507 e. The number of hydrogen-bond acceptors (Lipinski definition) is 10. The van der Waals surface area contributed by atoms with Crippen LogP contribution in [-0.4, -0.2) is 126 Å². The number of anilines is 2. The van der Waals surface area contributed by atoms with Crippen LogP contribution in [-0.2, 0) is 24.6 Å². The van der Waals surface area contributed by atoms with Crippen LogP contribution >= 0.6 is 0 Å². The lowest BCUT2D eigenvalue weighted by Crippen LogP contribution is -2.66. The van der Waals surface area contributed by atoms with Gasteiger partial charge >= 0.3 is 0 Å². The van der Waals surface area contributed by atoms with Crippen molar-refractivity contribution in [1.29, 1.82) is 0 Å². The molecule has 61 heavy (non-hydrogen) atoms. The van der Waals surface area contributed by atoms with E-state index in [1.165, 1.54) is 0 Å². The molecule has 4 amide bonds. The highest BCUT2D eigenvalue weighted by Gasteiger charge is 2.53. The van der Waals surface area contributed by atoms with Crippen LogP contribution < -0.4 is 15.1 Å². The first-order chi connectivity index (χ1) is 29.6. The van der Waals surface area contributed by atoms with Crippen molar-refractivity contribution < 1.29 is 24.3 Å². The lowest BCUT2D eigenvalue weighted by atomic mass is 9.67. The number of nitrogens with one attached hydrogen (secondary N) is 1. The lowest BCUT2D eigenvalue weighted by Gasteiger charge is -2.56. The Morgan fingerprint density at radius 3 is 2.13 bits per heavy atom. The van der Waals surface area contributed by atoms with Gasteiger partial charge in [0.05, 0.1) is 35.5 Å². The van der Waals surface area contributed by atoms with Crippen LogP contribution in [0.15, 0.2) is 91.1 Å². The number of aromatic nitrogens is 2. The second-order valence-electron chi connectivity index (χ2n) is 18.5. The van der Waals surface area contributed by atoms with Crippen molar-refractivity contribution in [3.63, 3.8) is 0 Å². The monoisotopic (exact) mass is 822 g/mol. The Labute approximate surface area is 356 Å². The van der Waals surface area contributed by atoms with Gasteiger partial charge in [0.1, 0.15) is 5.75 Å². The quantitative estimate of drug-likeness (QED) is 0.246. The molecule has 13 nitrogen and oxygen atoms in total. The van der Waals surface area contributed by atoms with Crippen molar-refractivity contribution in [1.82, 2.24) is 30.2 Å². The van der Waals surface area contributed by atoms with Gasteiger partial charge in [-0.25, -0.2) is 0 Å². The number of benzene rings is 3. The van der Waals surface area contributed by atoms with Crippen molar-refractivity contribution in [3.8, 4) is 17.0 Å². The van der Waals surface area contributed by atoms with Crippen molar-refractivity contribution in [2.75, 3.05) is 81.8 Å². The molecule has 6 saturated heterocycles. The summed E-state index contributed by atoms with van der Waals surface area (Å²) in [6.45, 7) is 8.61. The SMILES string of the molecule is O=C1CCC(c2ccc(N3C[C@H]4CN(CC(=O)N5CCC6(CC5)CN(C(=O)C5(c7ccccc7)CCN(c7cnnc(-c8ccccc8O)c7)CC5)C6)C[C@@H]4C3)cc2)C(=O)N1. The highest BCUT2D eigenvalue weighted by molar-refractivity contribution is 6.01. The maximum atomic E-state index is 14.7. The van der Waals surface area contributed by atoms with Crippen LogP contribution in [0.5, 0.6) is 5.75 Å². The number of carbonyl (C=O) groups is 4. The number of aromatic hydroxyl groups is 1. The van der Waals surface area contributed by atoms with E-state index in [4.69, 9.17) is 0 Å². The Bertz CT molecular complexity index is 2280. The average molecular weight is 823 g/mol. The van der Waals surface area contributed by atoms with E-state index < -0.39 is 5.41 Å². The van der Waals surface area contributed by atoms with Crippen LogP contribution in [0.25, 0.3) is 11.3 Å². The summed E-state index contributed by atoms with van der Waals surface area (Å²) in [6.07, 6.45) is 5.91. The van der Waals surface area contributed by atoms with E-state index in [1.54, 1.807) is 18.3 Å². The number of para-hydroxylation sites is 1. The second kappa shape index (κ2) is 15.9. The second-order valence-corrected chi connectivity index (χ2v) is 18.5. The number of rotatable bonds is 8. The Kier molecular flexibility index (Phi) is 10.2. The third-order valence-corrected chi connectivity index (χ3v) is 14.9. The Hall–Kier alpha value is -5.82. The molecule has 6 aliphatic rings. The molecule has 1 aromatic heterocycles. The van der Waals surface area contributed by atoms with E-state index in [9.17, 15) is 24.3 Å². The topological polar surface area (TPSA) is 143 Å². The van der Waals surface area contributed by atoms with E-state index in [-0.39, 0.29) is 40.7 Å². The van der Waals surface area contributed by atoms with Gasteiger partial charge < -0.3 is 24.7 Å². The first kappa shape index (κ1) is 39.3. The number of nitrogens with zero attached hydrogens (tertiary/aromatic N) is 7. The van der Waals surface area contributed by atoms with Crippen molar-refractivity contribution in [2.24, 2.45) is 17.3 Å². The average Bonchev–Trinajstić information content (AvgIpc) is 3.85. The van der Waals surface area contributed by atoms with Gasteiger partial charge in [0, 0.05) is 88.5 Å². The normalized spacial score (nSPS) is 24.7. The molecule has 0 bridgehead atoms. The summed E-state index contributed by atoms with van der Waals surface area (Å²) in [5.74, 6) is 0.973. The Morgan fingerprint density at radius 2 is 1.44 bits per heavy atom. The first-order valence-electron chi connectivity index (χ1n) is 22.1. The largest absolute Gasteiger partial charge is 0.507 e. The fraction of sp³-hybridized carbons (Fsp3) is 0.458. The molecule has 0 aliphatic carbocycles. The number of fused-ring (bicyclic) bond motifs is 1. The van der Waals surface area contributed by atoms with E-state index in [0.717, 1.165) is 87.7 Å². The summed E-state index contributed by atoms with van der Waals surface area (Å²) in [5.41, 5.74) is 4.84. The summed E-state index contributed by atoms with van der Waals surface area (Å²) in [7, 11) is 0. The molecule has 3 atom stereocenters. The third kappa shape index (κ3) is 7.51. The zero-order valence-electron chi connectivity index (χ0n) is 34.6. The third-order valence-electron chi connectivity index (χ3n) is 14.9. The van der Waals surface area contributed by atoms with Gasteiger partial charge in [-0.2, -0.15) is 10.2 Å². The molecule has 4 aromatic rings. The molecule has 7 heterocycles. The summed E-state index contributed by atoms with van der Waals surface area (Å²) in [6, 6.07) is 27.7. The highest BCUT2D eigenvalue weighted by Crippen LogP contribution is 2.46. The number of hydrogen-bond donors (Lipinski definition) is 2. The molecule has 13 heteroatoms. The number of carbonyl (C=O) groups excluding carboxylic acids is 4. The van der Waals surface area contributed by atoms with E-state index in [1.807, 2.05) is 48.5 Å². The van der Waals surface area contributed by atoms with Gasteiger partial charge in [-0.05, 0) is 85.4 Å². The number of amides is 4. The Balaban J connectivity index is 0.703. The summed E-state index contributed by atoms with van der Waals surface area (Å²) < 4.78 is 0. The van der Waals surface area contributed by atoms with Crippen molar-refractivity contribution >= 4 is 35.0 Å². The predicted molar refractivity (Wildman–Crippen MR) is 231 cm³/mol. The van der Waals surface area contributed by atoms with E-state index in [0.29, 0.717) is 68.4 Å². The zero-order valence-corrected chi connectivity index (χ0v) is 34.6. The van der Waals surface area contributed by atoms with E-state index >= 15 is 0 Å². The van der Waals surface area contributed by atoms with E-state index in [2.05, 4.69) is 64.3 Å². The van der Waals surface area contributed by atoms with Crippen molar-refractivity contribution in [2.45, 2.75) is 49.9 Å². The van der Waals surface area contributed by atoms with Gasteiger partial charge in [0.25, 0.3) is 0 Å². The van der Waals surface area contributed by atoms with Gasteiger partial charge in [0.2, 0.25) is 23.6 Å². The molecule has 2 N–H and O–H groups in total. The summed E-state index contributed by atoms with van der Waals surface area (Å²) >= 11 is 0. The maximum Gasteiger partial charge on any atom is 0.236 e. The molecule has 1 spiro atoms. The summed E-state index contributed by atoms with van der Waals surface area (Å²) in [5, 5.41) is 21.4. The first-order valence-corrected chi connectivity index (χ1v) is 22.1. The molecule has 0 saturated carbocycles. The molecule has 3 aromatic carbocycles. The molecule has 6 fully saturated rings. The zero-order chi connectivity index (χ0) is 41.7. The van der Waals surface area contributed by atoms with Crippen molar-refractivity contribution in [3.05, 3.63) is 102 Å².